The van der Waals surface area contributed by atoms with Crippen molar-refractivity contribution in [3.63, 3.8) is 0 Å². The van der Waals surface area contributed by atoms with Crippen molar-refractivity contribution in [1.29, 1.82) is 0 Å². The molecule has 1 amide bonds. The van der Waals surface area contributed by atoms with E-state index in [1.165, 1.54) is 0 Å². The smallest absolute Gasteiger partial charge is 0.226 e. The zero-order valence-electron chi connectivity index (χ0n) is 7.68. The van der Waals surface area contributed by atoms with Gasteiger partial charge in [-0.3, -0.25) is 4.79 Å². The zero-order chi connectivity index (χ0) is 9.31. The molecule has 0 bridgehead atoms. The number of piperidine rings is 1. The molecule has 3 N–H and O–H groups in total. The van der Waals surface area contributed by atoms with E-state index in [9.17, 15) is 4.79 Å². The van der Waals surface area contributed by atoms with Crippen LogP contribution in [0.5, 0.6) is 0 Å². The lowest BCUT2D eigenvalue weighted by molar-refractivity contribution is -0.128. The molecule has 2 rings (SSSR count). The van der Waals surface area contributed by atoms with Gasteiger partial charge in [0.05, 0.1) is 18.1 Å². The molecule has 74 valence electrons. The summed E-state index contributed by atoms with van der Waals surface area (Å²) in [4.78, 5) is 11.7. The summed E-state index contributed by atoms with van der Waals surface area (Å²) in [5.41, 5.74) is -0.168. The molecule has 0 aromatic rings. The van der Waals surface area contributed by atoms with E-state index in [2.05, 4.69) is 10.6 Å². The molecule has 2 saturated heterocycles. The fourth-order valence-corrected chi connectivity index (χ4v) is 2.40. The van der Waals surface area contributed by atoms with Crippen molar-refractivity contribution < 1.29 is 9.90 Å². The highest BCUT2D eigenvalue weighted by Gasteiger charge is 2.46. The summed E-state index contributed by atoms with van der Waals surface area (Å²) in [6.07, 6.45) is 2.63. The van der Waals surface area contributed by atoms with Gasteiger partial charge in [0.2, 0.25) is 5.91 Å². The predicted molar refractivity (Wildman–Crippen MR) is 48.2 cm³/mol. The van der Waals surface area contributed by atoms with Crippen LogP contribution in [0.2, 0.25) is 0 Å². The molecular formula is C9H16N2O2. The van der Waals surface area contributed by atoms with Crippen molar-refractivity contribution in [2.45, 2.75) is 25.3 Å². The van der Waals surface area contributed by atoms with E-state index in [1.807, 2.05) is 0 Å². The number of hydrogen-bond acceptors (Lipinski definition) is 3. The van der Waals surface area contributed by atoms with Crippen molar-refractivity contribution in [2.24, 2.45) is 5.41 Å². The molecule has 1 spiro atoms. The van der Waals surface area contributed by atoms with Crippen LogP contribution in [0.4, 0.5) is 0 Å². The summed E-state index contributed by atoms with van der Waals surface area (Å²) in [5.74, 6) is 0.146. The normalized spacial score (nSPS) is 32.1. The van der Waals surface area contributed by atoms with E-state index in [1.54, 1.807) is 0 Å². The number of aliphatic hydroxyl groups is 1. The van der Waals surface area contributed by atoms with Gasteiger partial charge in [-0.1, -0.05) is 0 Å². The maximum Gasteiger partial charge on any atom is 0.226 e. The molecule has 2 aliphatic rings. The maximum absolute atomic E-state index is 11.7. The number of rotatable bonds is 1. The standard InChI is InChI=1S/C9H16N2O2/c12-6-7-5-9(8(13)11-7)1-3-10-4-2-9/h7,10,12H,1-6H2,(H,11,13)/t7-/m0/s1. The summed E-state index contributed by atoms with van der Waals surface area (Å²) < 4.78 is 0. The Labute approximate surface area is 77.7 Å². The highest BCUT2D eigenvalue weighted by molar-refractivity contribution is 5.85. The monoisotopic (exact) mass is 184 g/mol. The second-order valence-electron chi connectivity index (χ2n) is 4.09. The van der Waals surface area contributed by atoms with Crippen LogP contribution in [0.1, 0.15) is 19.3 Å². The Morgan fingerprint density at radius 1 is 1.46 bits per heavy atom. The highest BCUT2D eigenvalue weighted by atomic mass is 16.3. The molecular weight excluding hydrogens is 168 g/mol. The van der Waals surface area contributed by atoms with Crippen molar-refractivity contribution >= 4 is 5.91 Å². The third-order valence-corrected chi connectivity index (χ3v) is 3.24. The molecule has 1 atom stereocenters. The number of carbonyl (C=O) groups is 1. The lowest BCUT2D eigenvalue weighted by atomic mass is 9.76. The van der Waals surface area contributed by atoms with Gasteiger partial charge >= 0.3 is 0 Å². The average Bonchev–Trinajstić information content (AvgIpc) is 2.45. The van der Waals surface area contributed by atoms with Gasteiger partial charge in [-0.15, -0.1) is 0 Å². The second-order valence-corrected chi connectivity index (χ2v) is 4.09. The maximum atomic E-state index is 11.7. The third-order valence-electron chi connectivity index (χ3n) is 3.24. The van der Waals surface area contributed by atoms with Gasteiger partial charge in [-0.2, -0.15) is 0 Å². The van der Waals surface area contributed by atoms with Gasteiger partial charge in [0.1, 0.15) is 0 Å². The molecule has 13 heavy (non-hydrogen) atoms. The highest BCUT2D eigenvalue weighted by Crippen LogP contribution is 2.38. The first-order valence-electron chi connectivity index (χ1n) is 4.89. The van der Waals surface area contributed by atoms with Crippen LogP contribution in [0.25, 0.3) is 0 Å². The Bertz CT molecular complexity index is 212. The largest absolute Gasteiger partial charge is 0.394 e. The first-order chi connectivity index (χ1) is 6.27. The van der Waals surface area contributed by atoms with Crippen molar-refractivity contribution in [2.75, 3.05) is 19.7 Å². The van der Waals surface area contributed by atoms with Crippen LogP contribution in [0.15, 0.2) is 0 Å². The van der Waals surface area contributed by atoms with Crippen LogP contribution < -0.4 is 10.6 Å². The molecule has 4 nitrogen and oxygen atoms in total. The minimum absolute atomic E-state index is 0.00870. The average molecular weight is 184 g/mol. The first-order valence-corrected chi connectivity index (χ1v) is 4.89. The Balaban J connectivity index is 2.08. The molecule has 0 unspecified atom stereocenters. The molecule has 2 fully saturated rings. The van der Waals surface area contributed by atoms with Gasteiger partial charge in [0.25, 0.3) is 0 Å². The van der Waals surface area contributed by atoms with Crippen LogP contribution in [-0.4, -0.2) is 36.8 Å². The predicted octanol–water partition coefficient (Wildman–Crippen LogP) is -0.763. The quantitative estimate of drug-likeness (QED) is 0.502. The van der Waals surface area contributed by atoms with Crippen LogP contribution >= 0.6 is 0 Å². The Morgan fingerprint density at radius 2 is 2.15 bits per heavy atom. The number of aliphatic hydroxyl groups excluding tert-OH is 1. The molecule has 0 aromatic carbocycles. The van der Waals surface area contributed by atoms with E-state index in [-0.39, 0.29) is 24.0 Å². The van der Waals surface area contributed by atoms with Crippen molar-refractivity contribution in [3.8, 4) is 0 Å². The molecule has 0 saturated carbocycles. The van der Waals surface area contributed by atoms with Crippen LogP contribution in [0, 0.1) is 5.41 Å². The fourth-order valence-electron chi connectivity index (χ4n) is 2.40. The first kappa shape index (κ1) is 8.97. The molecule has 4 heteroatoms. The summed E-state index contributed by atoms with van der Waals surface area (Å²) in [7, 11) is 0. The fraction of sp³-hybridized carbons (Fsp3) is 0.889. The number of hydrogen-bond donors (Lipinski definition) is 3. The number of carbonyl (C=O) groups excluding carboxylic acids is 1. The van der Waals surface area contributed by atoms with Crippen molar-refractivity contribution in [3.05, 3.63) is 0 Å². The molecule has 0 aliphatic carbocycles. The Kier molecular flexibility index (Phi) is 2.26. The van der Waals surface area contributed by atoms with Crippen LogP contribution in [-0.2, 0) is 4.79 Å². The summed E-state index contributed by atoms with van der Waals surface area (Å²) >= 11 is 0. The summed E-state index contributed by atoms with van der Waals surface area (Å²) in [5, 5.41) is 15.1. The number of amides is 1. The Morgan fingerprint density at radius 3 is 2.69 bits per heavy atom. The molecule has 0 aromatic heterocycles. The third kappa shape index (κ3) is 1.44. The second kappa shape index (κ2) is 3.27. The Hall–Kier alpha value is -0.610. The molecule has 2 aliphatic heterocycles. The zero-order valence-corrected chi connectivity index (χ0v) is 7.68. The van der Waals surface area contributed by atoms with Crippen molar-refractivity contribution in [1.82, 2.24) is 10.6 Å². The minimum Gasteiger partial charge on any atom is -0.394 e. The topological polar surface area (TPSA) is 61.4 Å². The van der Waals surface area contributed by atoms with E-state index in [4.69, 9.17) is 5.11 Å². The molecule has 0 radical (unpaired) electrons. The minimum atomic E-state index is -0.168. The summed E-state index contributed by atoms with van der Waals surface area (Å²) in [6, 6.07) is -0.00870. The van der Waals surface area contributed by atoms with E-state index in [0.29, 0.717) is 0 Å². The van der Waals surface area contributed by atoms with Gasteiger partial charge in [-0.05, 0) is 32.4 Å². The van der Waals surface area contributed by atoms with Gasteiger partial charge in [-0.25, -0.2) is 0 Å². The van der Waals surface area contributed by atoms with Gasteiger partial charge in [0, 0.05) is 0 Å². The van der Waals surface area contributed by atoms with Gasteiger partial charge < -0.3 is 15.7 Å². The molecule has 2 heterocycles. The van der Waals surface area contributed by atoms with Crippen LogP contribution in [0.3, 0.4) is 0 Å². The summed E-state index contributed by atoms with van der Waals surface area (Å²) in [6.45, 7) is 1.91. The lowest BCUT2D eigenvalue weighted by Gasteiger charge is -2.30. The van der Waals surface area contributed by atoms with Gasteiger partial charge in [0.15, 0.2) is 0 Å². The number of nitrogens with one attached hydrogen (secondary N) is 2. The van der Waals surface area contributed by atoms with E-state index in [0.717, 1.165) is 32.4 Å². The SMILES string of the molecule is O=C1N[C@H](CO)CC12CCNCC2. The lowest BCUT2D eigenvalue weighted by Crippen LogP contribution is -2.41. The van der Waals surface area contributed by atoms with E-state index >= 15 is 0 Å². The van der Waals surface area contributed by atoms with E-state index < -0.39 is 0 Å².